The number of nitrogens with zero attached hydrogens (tertiary/aromatic N) is 1. The smallest absolute Gasteiger partial charge is 0.119 e. The minimum Gasteiger partial charge on any atom is -0.494 e. The van der Waals surface area contributed by atoms with Crippen molar-refractivity contribution in [2.75, 3.05) is 25.9 Å². The number of nitrogen functional groups attached to an aromatic ring is 1. The quantitative estimate of drug-likeness (QED) is 0.608. The summed E-state index contributed by atoms with van der Waals surface area (Å²) in [6.45, 7) is 2.66. The zero-order valence-electron chi connectivity index (χ0n) is 12.3. The Morgan fingerprint density at radius 1 is 1.14 bits per heavy atom. The number of hydrogen-bond acceptors (Lipinski definition) is 3. The first-order valence-corrected chi connectivity index (χ1v) is 7.84. The van der Waals surface area contributed by atoms with Gasteiger partial charge in [-0.1, -0.05) is 28.1 Å². The van der Waals surface area contributed by atoms with E-state index in [1.807, 2.05) is 30.3 Å². The Balaban J connectivity index is 1.67. The number of anilines is 1. The molecule has 4 heteroatoms. The van der Waals surface area contributed by atoms with E-state index in [9.17, 15) is 0 Å². The SMILES string of the molecule is CN(CCCOc1ccc(N)cc1)Cc1cccc(Br)c1. The maximum atomic E-state index is 5.69. The lowest BCUT2D eigenvalue weighted by molar-refractivity contribution is 0.259. The zero-order chi connectivity index (χ0) is 15.1. The molecule has 0 aliphatic heterocycles. The van der Waals surface area contributed by atoms with Crippen molar-refractivity contribution in [3.63, 3.8) is 0 Å². The molecule has 3 nitrogen and oxygen atoms in total. The van der Waals surface area contributed by atoms with Crippen LogP contribution in [-0.2, 0) is 6.54 Å². The first kappa shape index (κ1) is 15.9. The van der Waals surface area contributed by atoms with Gasteiger partial charge in [0, 0.05) is 23.2 Å². The molecule has 2 rings (SSSR count). The highest BCUT2D eigenvalue weighted by Crippen LogP contribution is 2.14. The predicted octanol–water partition coefficient (Wildman–Crippen LogP) is 3.93. The van der Waals surface area contributed by atoms with Crippen LogP contribution >= 0.6 is 15.9 Å². The molecule has 0 saturated heterocycles. The molecule has 0 fully saturated rings. The zero-order valence-corrected chi connectivity index (χ0v) is 13.8. The number of ether oxygens (including phenoxy) is 1. The minimum atomic E-state index is 0.715. The first-order valence-electron chi connectivity index (χ1n) is 7.05. The van der Waals surface area contributed by atoms with Gasteiger partial charge in [0.25, 0.3) is 0 Å². The average molecular weight is 349 g/mol. The van der Waals surface area contributed by atoms with Gasteiger partial charge >= 0.3 is 0 Å². The van der Waals surface area contributed by atoms with Crippen LogP contribution in [0.15, 0.2) is 53.0 Å². The molecule has 2 aromatic carbocycles. The van der Waals surface area contributed by atoms with Crippen LogP contribution in [0, 0.1) is 0 Å². The van der Waals surface area contributed by atoms with E-state index in [1.165, 1.54) is 5.56 Å². The number of nitrogens with two attached hydrogens (primary N) is 1. The van der Waals surface area contributed by atoms with E-state index in [1.54, 1.807) is 0 Å². The highest BCUT2D eigenvalue weighted by atomic mass is 79.9. The van der Waals surface area contributed by atoms with Crippen molar-refractivity contribution < 1.29 is 4.74 Å². The Kier molecular flexibility index (Phi) is 6.08. The van der Waals surface area contributed by atoms with Gasteiger partial charge in [-0.3, -0.25) is 0 Å². The summed E-state index contributed by atoms with van der Waals surface area (Å²) in [5, 5.41) is 0. The lowest BCUT2D eigenvalue weighted by atomic mass is 10.2. The highest BCUT2D eigenvalue weighted by Gasteiger charge is 2.01. The summed E-state index contributed by atoms with van der Waals surface area (Å²) in [7, 11) is 2.13. The number of benzene rings is 2. The van der Waals surface area contributed by atoms with Crippen molar-refractivity contribution in [2.24, 2.45) is 0 Å². The molecule has 112 valence electrons. The van der Waals surface area contributed by atoms with Gasteiger partial charge in [-0.2, -0.15) is 0 Å². The molecule has 2 N–H and O–H groups in total. The molecular formula is C17H21BrN2O. The predicted molar refractivity (Wildman–Crippen MR) is 91.4 cm³/mol. The molecule has 21 heavy (non-hydrogen) atoms. The molecule has 0 amide bonds. The van der Waals surface area contributed by atoms with Gasteiger partial charge in [-0.05, 0) is 55.4 Å². The lowest BCUT2D eigenvalue weighted by Crippen LogP contribution is -2.20. The summed E-state index contributed by atoms with van der Waals surface area (Å²) in [5.74, 6) is 0.874. The Labute approximate surface area is 134 Å². The van der Waals surface area contributed by atoms with Gasteiger partial charge in [-0.15, -0.1) is 0 Å². The largest absolute Gasteiger partial charge is 0.494 e. The van der Waals surface area contributed by atoms with E-state index in [0.717, 1.165) is 35.4 Å². The van der Waals surface area contributed by atoms with Crippen molar-refractivity contribution in [3.8, 4) is 5.75 Å². The lowest BCUT2D eigenvalue weighted by Gasteiger charge is -2.17. The summed E-state index contributed by atoms with van der Waals surface area (Å²) >= 11 is 3.50. The fourth-order valence-corrected chi connectivity index (χ4v) is 2.56. The molecule has 0 heterocycles. The molecule has 0 saturated carbocycles. The molecule has 0 atom stereocenters. The monoisotopic (exact) mass is 348 g/mol. The van der Waals surface area contributed by atoms with Crippen molar-refractivity contribution in [1.82, 2.24) is 4.90 Å². The third kappa shape index (κ3) is 5.78. The van der Waals surface area contributed by atoms with Crippen LogP contribution in [0.2, 0.25) is 0 Å². The second-order valence-electron chi connectivity index (χ2n) is 5.14. The van der Waals surface area contributed by atoms with E-state index >= 15 is 0 Å². The molecule has 0 unspecified atom stereocenters. The molecule has 0 aliphatic carbocycles. The van der Waals surface area contributed by atoms with Crippen molar-refractivity contribution in [2.45, 2.75) is 13.0 Å². The maximum Gasteiger partial charge on any atom is 0.119 e. The fraction of sp³-hybridized carbons (Fsp3) is 0.294. The Morgan fingerprint density at radius 3 is 2.62 bits per heavy atom. The molecule has 0 spiro atoms. The first-order chi connectivity index (χ1) is 10.1. The summed E-state index contributed by atoms with van der Waals surface area (Å²) in [6.07, 6.45) is 0.995. The van der Waals surface area contributed by atoms with Crippen LogP contribution in [-0.4, -0.2) is 25.1 Å². The van der Waals surface area contributed by atoms with Gasteiger partial charge in [0.15, 0.2) is 0 Å². The fourth-order valence-electron chi connectivity index (χ4n) is 2.11. The standard InChI is InChI=1S/C17H21BrN2O/c1-20(13-14-4-2-5-15(18)12-14)10-3-11-21-17-8-6-16(19)7-9-17/h2,4-9,12H,3,10-11,13,19H2,1H3. The molecule has 0 aliphatic rings. The van der Waals surface area contributed by atoms with Crippen LogP contribution in [0.5, 0.6) is 5.75 Å². The van der Waals surface area contributed by atoms with Crippen molar-refractivity contribution in [1.29, 1.82) is 0 Å². The van der Waals surface area contributed by atoms with E-state index in [-0.39, 0.29) is 0 Å². The highest BCUT2D eigenvalue weighted by molar-refractivity contribution is 9.10. The van der Waals surface area contributed by atoms with Crippen LogP contribution in [0.1, 0.15) is 12.0 Å². The van der Waals surface area contributed by atoms with Gasteiger partial charge < -0.3 is 15.4 Å². The van der Waals surface area contributed by atoms with Gasteiger partial charge in [0.2, 0.25) is 0 Å². The maximum absolute atomic E-state index is 5.69. The van der Waals surface area contributed by atoms with Crippen LogP contribution < -0.4 is 10.5 Å². The summed E-state index contributed by atoms with van der Waals surface area (Å²) in [6, 6.07) is 15.9. The van der Waals surface area contributed by atoms with Gasteiger partial charge in [0.1, 0.15) is 5.75 Å². The molecule has 0 bridgehead atoms. The Bertz CT molecular complexity index is 557. The normalized spacial score (nSPS) is 10.8. The summed E-state index contributed by atoms with van der Waals surface area (Å²) in [4.78, 5) is 2.30. The Morgan fingerprint density at radius 2 is 1.90 bits per heavy atom. The third-order valence-electron chi connectivity index (χ3n) is 3.17. The van der Waals surface area contributed by atoms with Crippen LogP contribution in [0.4, 0.5) is 5.69 Å². The average Bonchev–Trinajstić information content (AvgIpc) is 2.45. The van der Waals surface area contributed by atoms with Crippen molar-refractivity contribution >= 4 is 21.6 Å². The topological polar surface area (TPSA) is 38.5 Å². The minimum absolute atomic E-state index is 0.715. The molecule has 0 radical (unpaired) electrons. The number of rotatable bonds is 7. The van der Waals surface area contributed by atoms with Gasteiger partial charge in [0.05, 0.1) is 6.61 Å². The van der Waals surface area contributed by atoms with Crippen LogP contribution in [0.25, 0.3) is 0 Å². The molecule has 0 aromatic heterocycles. The summed E-state index contributed by atoms with van der Waals surface area (Å²) in [5.41, 5.74) is 7.71. The van der Waals surface area contributed by atoms with Crippen LogP contribution in [0.3, 0.4) is 0 Å². The third-order valence-corrected chi connectivity index (χ3v) is 3.67. The number of halogens is 1. The number of hydrogen-bond donors (Lipinski definition) is 1. The second-order valence-corrected chi connectivity index (χ2v) is 6.05. The second kappa shape index (κ2) is 8.05. The van der Waals surface area contributed by atoms with Crippen molar-refractivity contribution in [3.05, 3.63) is 58.6 Å². The molecule has 2 aromatic rings. The van der Waals surface area contributed by atoms with E-state index in [0.29, 0.717) is 6.61 Å². The summed E-state index contributed by atoms with van der Waals surface area (Å²) < 4.78 is 6.82. The van der Waals surface area contributed by atoms with E-state index in [4.69, 9.17) is 10.5 Å². The van der Waals surface area contributed by atoms with Gasteiger partial charge in [-0.25, -0.2) is 0 Å². The molecular weight excluding hydrogens is 328 g/mol. The van der Waals surface area contributed by atoms with E-state index < -0.39 is 0 Å². The Hall–Kier alpha value is -1.52. The van der Waals surface area contributed by atoms with E-state index in [2.05, 4.69) is 46.1 Å².